The monoisotopic (exact) mass is 867 g/mol. The maximum Gasteiger partial charge on any atom is 0.178 e. The van der Waals surface area contributed by atoms with Crippen molar-refractivity contribution in [2.24, 2.45) is 15.9 Å². The lowest BCUT2D eigenvalue weighted by molar-refractivity contribution is 0.0642. The molecule has 3 aliphatic carbocycles. The van der Waals surface area contributed by atoms with Crippen LogP contribution in [-0.2, 0) is 11.0 Å². The Morgan fingerprint density at radius 1 is 0.677 bits per heavy atom. The van der Waals surface area contributed by atoms with Crippen molar-refractivity contribution in [1.82, 2.24) is 0 Å². The molecule has 9 nitrogen and oxygen atoms in total. The quantitative estimate of drug-likeness (QED) is 0.0730. The van der Waals surface area contributed by atoms with Crippen LogP contribution in [0, 0.1) is 10.8 Å². The molecule has 0 N–H and O–H groups in total. The molecule has 9 heteroatoms. The van der Waals surface area contributed by atoms with E-state index in [4.69, 9.17) is 34.0 Å². The van der Waals surface area contributed by atoms with Gasteiger partial charge in [-0.25, -0.2) is 0 Å². The van der Waals surface area contributed by atoms with Crippen LogP contribution in [0.3, 0.4) is 0 Å². The largest absolute Gasteiger partial charge is 0.497 e. The Bertz CT molecular complexity index is 2820. The first-order valence-electron chi connectivity index (χ1n) is 22.9. The highest BCUT2D eigenvalue weighted by atomic mass is 16.5. The summed E-state index contributed by atoms with van der Waals surface area (Å²) in [6.45, 7) is 9.68. The van der Waals surface area contributed by atoms with Crippen LogP contribution in [-0.4, -0.2) is 34.2 Å². The fourth-order valence-corrected chi connectivity index (χ4v) is 12.4. The normalized spacial score (nSPS) is 18.2. The Morgan fingerprint density at radius 2 is 1.32 bits per heavy atom. The number of hydrogen-bond donors (Lipinski definition) is 0. The molecule has 0 atom stereocenters. The van der Waals surface area contributed by atoms with Crippen LogP contribution in [0.15, 0.2) is 114 Å². The van der Waals surface area contributed by atoms with Gasteiger partial charge in [-0.05, 0) is 144 Å². The minimum atomic E-state index is -1.02. The maximum atomic E-state index is 8.91. The van der Waals surface area contributed by atoms with Gasteiger partial charge < -0.3 is 28.4 Å². The predicted molar refractivity (Wildman–Crippen MR) is 258 cm³/mol. The smallest absolute Gasteiger partial charge is 0.178 e. The lowest BCUT2D eigenvalue weighted by atomic mass is 9.52. The molecule has 6 aromatic carbocycles. The second-order valence-corrected chi connectivity index (χ2v) is 19.9. The number of nitrogens with zero attached hydrogens (tertiary/aromatic N) is 3. The van der Waals surface area contributed by atoms with Crippen molar-refractivity contribution in [2.75, 3.05) is 28.1 Å². The first-order chi connectivity index (χ1) is 31.4. The third kappa shape index (κ3) is 7.21. The molecule has 0 amide bonds. The fourth-order valence-electron chi connectivity index (χ4n) is 12.4. The number of hydrogen-bond acceptors (Lipinski definition) is 7. The Kier molecular flexibility index (Phi) is 10.5. The summed E-state index contributed by atoms with van der Waals surface area (Å²) >= 11 is 0. The topological polar surface area (TPSA) is 104 Å². The van der Waals surface area contributed by atoms with Gasteiger partial charge in [-0.15, -0.1) is 0 Å². The zero-order valence-corrected chi connectivity index (χ0v) is 38.5. The summed E-state index contributed by atoms with van der Waals surface area (Å²) in [5.74, 6) is 4.31. The average molecular weight is 868 g/mol. The molecule has 1 heterocycles. The van der Waals surface area contributed by atoms with Crippen LogP contribution in [0.2, 0.25) is 0 Å². The number of methoxy groups -OCH3 is 3. The molecule has 65 heavy (non-hydrogen) atoms. The average Bonchev–Trinajstić information content (AvgIpc) is 3.92. The van der Waals surface area contributed by atoms with Gasteiger partial charge in [0.2, 0.25) is 0 Å². The fraction of sp³-hybridized carbons (Fsp3) is 0.357. The van der Waals surface area contributed by atoms with E-state index in [2.05, 4.69) is 111 Å². The summed E-state index contributed by atoms with van der Waals surface area (Å²) < 4.78 is 38.3. The van der Waals surface area contributed by atoms with Gasteiger partial charge in [-0.3, -0.25) is 0 Å². The van der Waals surface area contributed by atoms with E-state index >= 15 is 0 Å². The standard InChI is InChI=1S/C56H57N3O6/c1-53(2)31-54(3,4)33-55(32-53)47-15-11-10-14-42(47)50-45-30-49(64-39-12-8-9-13-39)44(41-25-24-40(28-48(41)62-7)63-34-58-59-57)29-46(45)52-43(51(50)55)26-27-56(65-52,35-16-20-37(60-5)21-17-35)36-18-22-38(61-6)23-19-36/h10-11,14-30,39H,8-9,12-13,31-34H2,1-7H3. The summed E-state index contributed by atoms with van der Waals surface area (Å²) in [5.41, 5.74) is 17.8. The van der Waals surface area contributed by atoms with Gasteiger partial charge in [0, 0.05) is 49.6 Å². The molecule has 332 valence electrons. The summed E-state index contributed by atoms with van der Waals surface area (Å²) in [6, 6.07) is 35.9. The molecule has 1 spiro atoms. The second-order valence-electron chi connectivity index (χ2n) is 19.9. The molecule has 0 unspecified atom stereocenters. The molecule has 0 bridgehead atoms. The molecular weight excluding hydrogens is 811 g/mol. The van der Waals surface area contributed by atoms with Crippen LogP contribution in [0.5, 0.6) is 34.5 Å². The van der Waals surface area contributed by atoms with E-state index in [0.29, 0.717) is 11.5 Å². The van der Waals surface area contributed by atoms with Crippen molar-refractivity contribution in [3.05, 3.63) is 147 Å². The van der Waals surface area contributed by atoms with Gasteiger partial charge >= 0.3 is 0 Å². The van der Waals surface area contributed by atoms with Crippen LogP contribution >= 0.6 is 0 Å². The Morgan fingerprint density at radius 3 is 1.95 bits per heavy atom. The minimum absolute atomic E-state index is 0.0709. The number of ether oxygens (including phenoxy) is 6. The highest BCUT2D eigenvalue weighted by Gasteiger charge is 2.55. The van der Waals surface area contributed by atoms with E-state index < -0.39 is 5.60 Å². The van der Waals surface area contributed by atoms with E-state index in [-0.39, 0.29) is 29.1 Å². The predicted octanol–water partition coefficient (Wildman–Crippen LogP) is 14.4. The molecular formula is C56H57N3O6. The summed E-state index contributed by atoms with van der Waals surface area (Å²) in [7, 11) is 5.05. The second kappa shape index (κ2) is 16.1. The van der Waals surface area contributed by atoms with Gasteiger partial charge in [-0.1, -0.05) is 87.4 Å². The lowest BCUT2D eigenvalue weighted by Gasteiger charge is -2.52. The molecule has 2 saturated carbocycles. The lowest BCUT2D eigenvalue weighted by Crippen LogP contribution is -2.44. The third-order valence-corrected chi connectivity index (χ3v) is 14.3. The van der Waals surface area contributed by atoms with Crippen molar-refractivity contribution in [1.29, 1.82) is 0 Å². The summed E-state index contributed by atoms with van der Waals surface area (Å²) in [4.78, 5) is 2.85. The van der Waals surface area contributed by atoms with Crippen molar-refractivity contribution < 1.29 is 28.4 Å². The molecule has 0 saturated heterocycles. The van der Waals surface area contributed by atoms with Gasteiger partial charge in [-0.2, -0.15) is 0 Å². The number of benzene rings is 6. The highest BCUT2D eigenvalue weighted by molar-refractivity contribution is 6.11. The van der Waals surface area contributed by atoms with Crippen molar-refractivity contribution in [3.63, 3.8) is 0 Å². The van der Waals surface area contributed by atoms with E-state index in [1.54, 1.807) is 21.3 Å². The molecule has 0 aromatic heterocycles. The van der Waals surface area contributed by atoms with E-state index in [9.17, 15) is 0 Å². The number of rotatable bonds is 11. The highest BCUT2D eigenvalue weighted by Crippen LogP contribution is 2.67. The zero-order chi connectivity index (χ0) is 45.1. The van der Waals surface area contributed by atoms with Gasteiger partial charge in [0.1, 0.15) is 34.5 Å². The van der Waals surface area contributed by atoms with Crippen LogP contribution in [0.25, 0.3) is 49.5 Å². The minimum Gasteiger partial charge on any atom is -0.497 e. The van der Waals surface area contributed by atoms with Gasteiger partial charge in [0.15, 0.2) is 12.3 Å². The first-order valence-corrected chi connectivity index (χ1v) is 22.9. The van der Waals surface area contributed by atoms with Crippen LogP contribution in [0.4, 0.5) is 0 Å². The Hall–Kier alpha value is -6.57. The number of fused-ring (bicyclic) bond motifs is 10. The molecule has 2 fully saturated rings. The Labute approximate surface area is 381 Å². The SMILES string of the molecule is COc1ccc(C2(c3ccc(OC)cc3)C=Cc3c4c(c5cc(OC6CCCC6)c(-c6ccc(OCN=[N+]=[N-])cc6OC)cc5c3O2)-c2ccccc2C42CC(C)(C)CC(C)(C)C2)cc1. The van der Waals surface area contributed by atoms with Crippen molar-refractivity contribution in [2.45, 2.75) is 89.8 Å². The molecule has 4 aliphatic rings. The molecule has 6 aromatic rings. The van der Waals surface area contributed by atoms with E-state index in [0.717, 1.165) is 107 Å². The maximum absolute atomic E-state index is 8.91. The molecule has 0 radical (unpaired) electrons. The molecule has 10 rings (SSSR count). The van der Waals surface area contributed by atoms with Crippen LogP contribution < -0.4 is 28.4 Å². The number of azide groups is 1. The summed E-state index contributed by atoms with van der Waals surface area (Å²) in [6.07, 6.45) is 12.1. The van der Waals surface area contributed by atoms with Gasteiger partial charge in [0.25, 0.3) is 0 Å². The summed E-state index contributed by atoms with van der Waals surface area (Å²) in [5, 5.41) is 5.66. The van der Waals surface area contributed by atoms with E-state index in [1.165, 1.54) is 22.3 Å². The first kappa shape index (κ1) is 42.4. The van der Waals surface area contributed by atoms with Crippen molar-refractivity contribution >= 4 is 16.8 Å². The van der Waals surface area contributed by atoms with Crippen LogP contribution in [0.1, 0.15) is 100 Å². The zero-order valence-electron chi connectivity index (χ0n) is 38.5. The van der Waals surface area contributed by atoms with Gasteiger partial charge in [0.05, 0.1) is 27.4 Å². The van der Waals surface area contributed by atoms with E-state index in [1.807, 2.05) is 42.5 Å². The Balaban J connectivity index is 1.31. The molecule has 1 aliphatic heterocycles. The third-order valence-electron chi connectivity index (χ3n) is 14.3. The van der Waals surface area contributed by atoms with Crippen molar-refractivity contribution in [3.8, 4) is 56.8 Å².